The van der Waals surface area contributed by atoms with Gasteiger partial charge in [-0.05, 0) is 26.3 Å². The fourth-order valence-electron chi connectivity index (χ4n) is 1.90. The third kappa shape index (κ3) is 1.78. The Balaban J connectivity index is 2.17. The van der Waals surface area contributed by atoms with Gasteiger partial charge < -0.3 is 15.0 Å². The molecule has 0 spiro atoms. The molecule has 0 aliphatic carbocycles. The SMILES string of the molecule is CC(O)c1nncn1C1CCCNC1. The molecule has 0 aromatic carbocycles. The van der Waals surface area contributed by atoms with Crippen molar-refractivity contribution >= 4 is 0 Å². The first kappa shape index (κ1) is 9.61. The molecule has 1 aromatic heterocycles. The van der Waals surface area contributed by atoms with Gasteiger partial charge in [-0.25, -0.2) is 0 Å². The minimum atomic E-state index is -0.542. The Bertz CT molecular complexity index is 291. The lowest BCUT2D eigenvalue weighted by atomic mass is 10.1. The second-order valence-electron chi connectivity index (χ2n) is 3.77. The standard InChI is InChI=1S/C9H16N4O/c1-7(14)9-12-11-6-13(9)8-3-2-4-10-5-8/h6-8,10,14H,2-5H2,1H3. The zero-order valence-electron chi connectivity index (χ0n) is 8.35. The maximum Gasteiger partial charge on any atom is 0.161 e. The van der Waals surface area contributed by atoms with Crippen molar-refractivity contribution in [2.45, 2.75) is 31.9 Å². The number of nitrogens with zero attached hydrogens (tertiary/aromatic N) is 3. The Morgan fingerprint density at radius 1 is 1.71 bits per heavy atom. The van der Waals surface area contributed by atoms with Crippen LogP contribution in [0, 0.1) is 0 Å². The monoisotopic (exact) mass is 196 g/mol. The van der Waals surface area contributed by atoms with Crippen molar-refractivity contribution in [3.05, 3.63) is 12.2 Å². The first-order chi connectivity index (χ1) is 6.79. The summed E-state index contributed by atoms with van der Waals surface area (Å²) in [5.41, 5.74) is 0. The van der Waals surface area contributed by atoms with Gasteiger partial charge in [-0.15, -0.1) is 10.2 Å². The summed E-state index contributed by atoms with van der Waals surface area (Å²) in [4.78, 5) is 0. The molecule has 0 radical (unpaired) electrons. The Hall–Kier alpha value is -0.940. The minimum Gasteiger partial charge on any atom is -0.385 e. The van der Waals surface area contributed by atoms with Crippen LogP contribution in [0.2, 0.25) is 0 Å². The van der Waals surface area contributed by atoms with Gasteiger partial charge in [0.15, 0.2) is 5.82 Å². The van der Waals surface area contributed by atoms with Crippen LogP contribution in [-0.2, 0) is 0 Å². The van der Waals surface area contributed by atoms with Crippen LogP contribution in [0.4, 0.5) is 0 Å². The van der Waals surface area contributed by atoms with Crippen LogP contribution in [0.3, 0.4) is 0 Å². The van der Waals surface area contributed by atoms with Crippen LogP contribution in [-0.4, -0.2) is 33.0 Å². The molecular weight excluding hydrogens is 180 g/mol. The average Bonchev–Trinajstić information content (AvgIpc) is 2.67. The minimum absolute atomic E-state index is 0.392. The number of nitrogens with one attached hydrogen (secondary N) is 1. The van der Waals surface area contributed by atoms with Crippen molar-refractivity contribution in [1.29, 1.82) is 0 Å². The Morgan fingerprint density at radius 2 is 2.57 bits per heavy atom. The lowest BCUT2D eigenvalue weighted by Crippen LogP contribution is -2.32. The third-order valence-corrected chi connectivity index (χ3v) is 2.64. The fourth-order valence-corrected chi connectivity index (χ4v) is 1.90. The van der Waals surface area contributed by atoms with E-state index < -0.39 is 6.10 Å². The second kappa shape index (κ2) is 4.06. The molecule has 0 bridgehead atoms. The summed E-state index contributed by atoms with van der Waals surface area (Å²) < 4.78 is 1.98. The molecule has 2 unspecified atom stereocenters. The predicted octanol–water partition coefficient (Wildman–Crippen LogP) is 0.256. The molecular formula is C9H16N4O. The van der Waals surface area contributed by atoms with E-state index in [-0.39, 0.29) is 0 Å². The molecule has 1 fully saturated rings. The average molecular weight is 196 g/mol. The first-order valence-corrected chi connectivity index (χ1v) is 5.07. The van der Waals surface area contributed by atoms with Gasteiger partial charge in [0.1, 0.15) is 12.4 Å². The topological polar surface area (TPSA) is 63.0 Å². The van der Waals surface area contributed by atoms with Crippen LogP contribution in [0.25, 0.3) is 0 Å². The van der Waals surface area contributed by atoms with E-state index in [0.717, 1.165) is 19.5 Å². The molecule has 2 atom stereocenters. The van der Waals surface area contributed by atoms with E-state index in [1.54, 1.807) is 13.3 Å². The van der Waals surface area contributed by atoms with Crippen molar-refractivity contribution < 1.29 is 5.11 Å². The zero-order chi connectivity index (χ0) is 9.97. The van der Waals surface area contributed by atoms with E-state index in [4.69, 9.17) is 0 Å². The van der Waals surface area contributed by atoms with Crippen LogP contribution < -0.4 is 5.32 Å². The second-order valence-corrected chi connectivity index (χ2v) is 3.77. The number of piperidine rings is 1. The summed E-state index contributed by atoms with van der Waals surface area (Å²) >= 11 is 0. The molecule has 1 aliphatic heterocycles. The zero-order valence-corrected chi connectivity index (χ0v) is 8.35. The molecule has 2 rings (SSSR count). The number of hydrogen-bond donors (Lipinski definition) is 2. The van der Waals surface area contributed by atoms with Crippen LogP contribution in [0.15, 0.2) is 6.33 Å². The Labute approximate surface area is 83.2 Å². The number of aliphatic hydroxyl groups is 1. The van der Waals surface area contributed by atoms with Gasteiger partial charge >= 0.3 is 0 Å². The molecule has 2 N–H and O–H groups in total. The van der Waals surface area contributed by atoms with Gasteiger partial charge in [0.05, 0.1) is 0 Å². The summed E-state index contributed by atoms with van der Waals surface area (Å²) in [7, 11) is 0. The Kier molecular flexibility index (Phi) is 2.79. The van der Waals surface area contributed by atoms with Gasteiger partial charge in [-0.2, -0.15) is 0 Å². The summed E-state index contributed by atoms with van der Waals surface area (Å²) in [5.74, 6) is 0.665. The van der Waals surface area contributed by atoms with E-state index in [0.29, 0.717) is 11.9 Å². The summed E-state index contributed by atoms with van der Waals surface area (Å²) in [6, 6.07) is 0.392. The summed E-state index contributed by atoms with van der Waals surface area (Å²) in [5, 5.41) is 20.6. The molecule has 2 heterocycles. The van der Waals surface area contributed by atoms with E-state index >= 15 is 0 Å². The smallest absolute Gasteiger partial charge is 0.161 e. The van der Waals surface area contributed by atoms with E-state index in [1.807, 2.05) is 4.57 Å². The number of hydrogen-bond acceptors (Lipinski definition) is 4. The number of aromatic nitrogens is 3. The van der Waals surface area contributed by atoms with Crippen molar-refractivity contribution in [3.8, 4) is 0 Å². The number of aliphatic hydroxyl groups excluding tert-OH is 1. The van der Waals surface area contributed by atoms with Crippen LogP contribution >= 0.6 is 0 Å². The van der Waals surface area contributed by atoms with Gasteiger partial charge in [-0.3, -0.25) is 0 Å². The normalized spacial score (nSPS) is 24.9. The largest absolute Gasteiger partial charge is 0.385 e. The molecule has 5 nitrogen and oxygen atoms in total. The fraction of sp³-hybridized carbons (Fsp3) is 0.778. The van der Waals surface area contributed by atoms with E-state index in [2.05, 4.69) is 15.5 Å². The third-order valence-electron chi connectivity index (χ3n) is 2.64. The molecule has 1 saturated heterocycles. The summed E-state index contributed by atoms with van der Waals surface area (Å²) in [6.07, 6.45) is 3.46. The molecule has 1 aliphatic rings. The molecule has 1 aromatic rings. The van der Waals surface area contributed by atoms with E-state index in [1.165, 1.54) is 6.42 Å². The molecule has 0 saturated carbocycles. The van der Waals surface area contributed by atoms with Crippen molar-refractivity contribution in [2.75, 3.05) is 13.1 Å². The van der Waals surface area contributed by atoms with Gasteiger partial charge in [0.25, 0.3) is 0 Å². The molecule has 0 amide bonds. The van der Waals surface area contributed by atoms with Crippen molar-refractivity contribution in [1.82, 2.24) is 20.1 Å². The highest BCUT2D eigenvalue weighted by Crippen LogP contribution is 2.20. The van der Waals surface area contributed by atoms with Gasteiger partial charge in [0, 0.05) is 12.6 Å². The van der Waals surface area contributed by atoms with E-state index in [9.17, 15) is 5.11 Å². The molecule has 14 heavy (non-hydrogen) atoms. The first-order valence-electron chi connectivity index (χ1n) is 5.07. The van der Waals surface area contributed by atoms with Gasteiger partial charge in [0.2, 0.25) is 0 Å². The lowest BCUT2D eigenvalue weighted by Gasteiger charge is -2.25. The van der Waals surface area contributed by atoms with Crippen molar-refractivity contribution in [2.24, 2.45) is 0 Å². The highest BCUT2D eigenvalue weighted by Gasteiger charge is 2.19. The highest BCUT2D eigenvalue weighted by molar-refractivity contribution is 4.93. The molecule has 78 valence electrons. The lowest BCUT2D eigenvalue weighted by molar-refractivity contribution is 0.177. The quantitative estimate of drug-likeness (QED) is 0.712. The molecule has 5 heteroatoms. The van der Waals surface area contributed by atoms with Crippen molar-refractivity contribution in [3.63, 3.8) is 0 Å². The number of rotatable bonds is 2. The van der Waals surface area contributed by atoms with Crippen LogP contribution in [0.5, 0.6) is 0 Å². The summed E-state index contributed by atoms with van der Waals surface area (Å²) in [6.45, 7) is 3.75. The highest BCUT2D eigenvalue weighted by atomic mass is 16.3. The maximum absolute atomic E-state index is 9.48. The Morgan fingerprint density at radius 3 is 3.21 bits per heavy atom. The van der Waals surface area contributed by atoms with Gasteiger partial charge in [-0.1, -0.05) is 0 Å². The predicted molar refractivity (Wildman–Crippen MR) is 51.8 cm³/mol. The maximum atomic E-state index is 9.48. The van der Waals surface area contributed by atoms with Crippen LogP contribution in [0.1, 0.15) is 37.7 Å².